The van der Waals surface area contributed by atoms with Crippen molar-refractivity contribution in [1.82, 2.24) is 14.3 Å². The van der Waals surface area contributed by atoms with Crippen molar-refractivity contribution in [3.63, 3.8) is 0 Å². The summed E-state index contributed by atoms with van der Waals surface area (Å²) in [4.78, 5) is 0. The van der Waals surface area contributed by atoms with E-state index in [4.69, 9.17) is 13.9 Å². The molecule has 0 unspecified atom stereocenters. The van der Waals surface area contributed by atoms with Gasteiger partial charge in [-0.3, -0.25) is 0 Å². The lowest BCUT2D eigenvalue weighted by Crippen LogP contribution is -1.99. The van der Waals surface area contributed by atoms with Crippen LogP contribution < -0.4 is 0 Å². The van der Waals surface area contributed by atoms with Crippen molar-refractivity contribution < 1.29 is 8.83 Å². The van der Waals surface area contributed by atoms with E-state index in [-0.39, 0.29) is 0 Å². The fourth-order valence-corrected chi connectivity index (χ4v) is 7.64. The Morgan fingerprint density at radius 2 is 0.920 bits per heavy atom. The highest BCUT2D eigenvalue weighted by Crippen LogP contribution is 2.38. The number of fused-ring (bicyclic) bond motifs is 9. The minimum absolute atomic E-state index is 0.851. The topological polar surface area (TPSA) is 49.0 Å². The molecule has 0 amide bonds. The van der Waals surface area contributed by atoms with Crippen molar-refractivity contribution in [2.45, 2.75) is 0 Å². The molecule has 0 aliphatic carbocycles. The van der Waals surface area contributed by atoms with Gasteiger partial charge in [0.1, 0.15) is 22.3 Å². The molecule has 0 aliphatic rings. The molecule has 5 nitrogen and oxygen atoms in total. The standard InChI is InChI=1S/C45H27N3O2/c1-2-10-28(11-3-1)38-27-41(48(46-38)31-20-23-44-36(26-31)34-14-6-9-17-42(34)49-44)29-18-21-43-35(24-29)37-25-30(19-22-45(37)50-43)47-39-15-7-4-12-32(39)33-13-5-8-16-40(33)47/h1-27H. The summed E-state index contributed by atoms with van der Waals surface area (Å²) >= 11 is 0. The van der Waals surface area contributed by atoms with Crippen molar-refractivity contribution in [2.24, 2.45) is 0 Å². The first-order valence-electron chi connectivity index (χ1n) is 16.8. The Hall–Kier alpha value is -6.85. The SMILES string of the molecule is c1ccc(-c2cc(-c3ccc4oc5ccc(-n6c7ccccc7c7ccccc76)cc5c4c3)n(-c3ccc4oc5ccccc5c4c3)n2)cc1. The van der Waals surface area contributed by atoms with Crippen LogP contribution in [0.25, 0.3) is 99.6 Å². The van der Waals surface area contributed by atoms with Gasteiger partial charge in [-0.25, -0.2) is 4.68 Å². The number of para-hydroxylation sites is 3. The molecule has 11 rings (SSSR count). The maximum atomic E-state index is 6.42. The maximum Gasteiger partial charge on any atom is 0.135 e. The molecule has 11 aromatic rings. The van der Waals surface area contributed by atoms with Crippen molar-refractivity contribution in [2.75, 3.05) is 0 Å². The number of furan rings is 2. The molecule has 0 saturated carbocycles. The Labute approximate surface area is 285 Å². The monoisotopic (exact) mass is 641 g/mol. The summed E-state index contributed by atoms with van der Waals surface area (Å²) in [7, 11) is 0. The fraction of sp³-hybridized carbons (Fsp3) is 0. The predicted molar refractivity (Wildman–Crippen MR) is 203 cm³/mol. The van der Waals surface area contributed by atoms with Crippen LogP contribution in [-0.2, 0) is 0 Å². The lowest BCUT2D eigenvalue weighted by molar-refractivity contribution is 0.668. The minimum Gasteiger partial charge on any atom is -0.456 e. The first-order chi connectivity index (χ1) is 24.8. The molecule has 0 spiro atoms. The van der Waals surface area contributed by atoms with E-state index in [0.717, 1.165) is 77.8 Å². The van der Waals surface area contributed by atoms with Crippen molar-refractivity contribution in [3.8, 4) is 33.9 Å². The van der Waals surface area contributed by atoms with E-state index < -0.39 is 0 Å². The Morgan fingerprint density at radius 3 is 1.66 bits per heavy atom. The van der Waals surface area contributed by atoms with Gasteiger partial charge in [0.05, 0.1) is 28.1 Å². The number of hydrogen-bond donors (Lipinski definition) is 0. The molecule has 0 saturated heterocycles. The molecule has 4 heterocycles. The zero-order valence-electron chi connectivity index (χ0n) is 26.7. The Balaban J connectivity index is 1.12. The van der Waals surface area contributed by atoms with E-state index in [9.17, 15) is 0 Å². The highest BCUT2D eigenvalue weighted by atomic mass is 16.3. The van der Waals surface area contributed by atoms with Crippen LogP contribution in [0.15, 0.2) is 173 Å². The molecule has 0 radical (unpaired) electrons. The van der Waals surface area contributed by atoms with E-state index in [1.807, 2.05) is 30.3 Å². The molecule has 0 fully saturated rings. The third kappa shape index (κ3) is 3.98. The van der Waals surface area contributed by atoms with Crippen LogP contribution in [0.2, 0.25) is 0 Å². The normalized spacial score (nSPS) is 12.0. The maximum absolute atomic E-state index is 6.42. The fourth-order valence-electron chi connectivity index (χ4n) is 7.64. The van der Waals surface area contributed by atoms with Crippen LogP contribution in [0.4, 0.5) is 0 Å². The molecule has 50 heavy (non-hydrogen) atoms. The molecule has 0 bridgehead atoms. The van der Waals surface area contributed by atoms with Gasteiger partial charge in [-0.15, -0.1) is 0 Å². The zero-order valence-corrected chi connectivity index (χ0v) is 26.7. The van der Waals surface area contributed by atoms with E-state index in [0.29, 0.717) is 0 Å². The molecule has 0 aliphatic heterocycles. The second-order valence-electron chi connectivity index (χ2n) is 12.8. The summed E-state index contributed by atoms with van der Waals surface area (Å²) in [5.74, 6) is 0. The van der Waals surface area contributed by atoms with Crippen LogP contribution in [0.1, 0.15) is 0 Å². The van der Waals surface area contributed by atoms with E-state index in [1.165, 1.54) is 21.8 Å². The highest BCUT2D eigenvalue weighted by Gasteiger charge is 2.18. The lowest BCUT2D eigenvalue weighted by atomic mass is 10.0. The third-order valence-corrected chi connectivity index (χ3v) is 9.97. The molecular formula is C45H27N3O2. The van der Waals surface area contributed by atoms with Crippen molar-refractivity contribution >= 4 is 65.7 Å². The molecular weight excluding hydrogens is 615 g/mol. The van der Waals surface area contributed by atoms with E-state index >= 15 is 0 Å². The van der Waals surface area contributed by atoms with Gasteiger partial charge in [-0.2, -0.15) is 5.10 Å². The molecule has 0 N–H and O–H groups in total. The largest absolute Gasteiger partial charge is 0.456 e. The van der Waals surface area contributed by atoms with Crippen LogP contribution >= 0.6 is 0 Å². The quantitative estimate of drug-likeness (QED) is 0.192. The Bertz CT molecular complexity index is 3050. The van der Waals surface area contributed by atoms with Crippen LogP contribution in [0, 0.1) is 0 Å². The molecule has 5 heteroatoms. The van der Waals surface area contributed by atoms with Crippen LogP contribution in [0.3, 0.4) is 0 Å². The van der Waals surface area contributed by atoms with E-state index in [2.05, 4.69) is 143 Å². The molecule has 234 valence electrons. The van der Waals surface area contributed by atoms with Crippen LogP contribution in [-0.4, -0.2) is 14.3 Å². The molecule has 7 aromatic carbocycles. The van der Waals surface area contributed by atoms with E-state index in [1.54, 1.807) is 0 Å². The summed E-state index contributed by atoms with van der Waals surface area (Å²) in [5.41, 5.74) is 11.9. The second-order valence-corrected chi connectivity index (χ2v) is 12.8. The lowest BCUT2D eigenvalue weighted by Gasteiger charge is -2.09. The average molecular weight is 642 g/mol. The number of benzene rings is 7. The number of aromatic nitrogens is 3. The third-order valence-electron chi connectivity index (χ3n) is 9.97. The minimum atomic E-state index is 0.851. The van der Waals surface area contributed by atoms with Gasteiger partial charge in [-0.1, -0.05) is 84.9 Å². The summed E-state index contributed by atoms with van der Waals surface area (Å²) in [6, 6.07) is 57.2. The summed E-state index contributed by atoms with van der Waals surface area (Å²) in [6.45, 7) is 0. The summed E-state index contributed by atoms with van der Waals surface area (Å²) in [5, 5.41) is 12.0. The van der Waals surface area contributed by atoms with Crippen LogP contribution in [0.5, 0.6) is 0 Å². The zero-order chi connectivity index (χ0) is 32.8. The number of nitrogens with zero attached hydrogens (tertiary/aromatic N) is 3. The Kier molecular flexibility index (Phi) is 5.60. The molecule has 0 atom stereocenters. The first-order valence-corrected chi connectivity index (χ1v) is 16.8. The number of rotatable bonds is 4. The second kappa shape index (κ2) is 10.3. The smallest absolute Gasteiger partial charge is 0.135 e. The van der Waals surface area contributed by atoms with Gasteiger partial charge in [0, 0.05) is 49.1 Å². The predicted octanol–water partition coefficient (Wildman–Crippen LogP) is 12.1. The van der Waals surface area contributed by atoms with Gasteiger partial charge in [0.2, 0.25) is 0 Å². The Morgan fingerprint density at radius 1 is 0.380 bits per heavy atom. The first kappa shape index (κ1) is 27.1. The van der Waals surface area contributed by atoms with Gasteiger partial charge in [-0.05, 0) is 78.9 Å². The van der Waals surface area contributed by atoms with Gasteiger partial charge in [0.25, 0.3) is 0 Å². The average Bonchev–Trinajstić information content (AvgIpc) is 3.95. The van der Waals surface area contributed by atoms with Gasteiger partial charge >= 0.3 is 0 Å². The molecule has 4 aromatic heterocycles. The number of hydrogen-bond acceptors (Lipinski definition) is 3. The summed E-state index contributed by atoms with van der Waals surface area (Å²) in [6.07, 6.45) is 0. The summed E-state index contributed by atoms with van der Waals surface area (Å²) < 4.78 is 17.0. The highest BCUT2D eigenvalue weighted by molar-refractivity contribution is 6.11. The van der Waals surface area contributed by atoms with Crippen molar-refractivity contribution in [3.05, 3.63) is 164 Å². The van der Waals surface area contributed by atoms with Gasteiger partial charge in [0.15, 0.2) is 0 Å². The van der Waals surface area contributed by atoms with Gasteiger partial charge < -0.3 is 13.4 Å². The van der Waals surface area contributed by atoms with Crippen molar-refractivity contribution in [1.29, 1.82) is 0 Å².